The second kappa shape index (κ2) is 7.58. The van der Waals surface area contributed by atoms with Crippen molar-refractivity contribution in [3.05, 3.63) is 36.7 Å². The van der Waals surface area contributed by atoms with E-state index in [4.69, 9.17) is 14.9 Å². The van der Waals surface area contributed by atoms with Gasteiger partial charge in [0.2, 0.25) is 5.88 Å². The summed E-state index contributed by atoms with van der Waals surface area (Å²) in [4.78, 5) is 13.7. The number of pyridine rings is 1. The third-order valence-corrected chi connectivity index (χ3v) is 5.31. The Kier molecular flexibility index (Phi) is 4.76. The van der Waals surface area contributed by atoms with Crippen molar-refractivity contribution in [1.29, 1.82) is 0 Å². The lowest BCUT2D eigenvalue weighted by molar-refractivity contribution is 0.281. The van der Waals surface area contributed by atoms with Crippen LogP contribution in [0.2, 0.25) is 0 Å². The third kappa shape index (κ3) is 3.46. The first-order chi connectivity index (χ1) is 14.6. The first kappa shape index (κ1) is 18.8. The number of rotatable bonds is 5. The van der Waals surface area contributed by atoms with Crippen LogP contribution in [0, 0.1) is 0 Å². The molecule has 0 aliphatic carbocycles. The van der Waals surface area contributed by atoms with Gasteiger partial charge in [-0.25, -0.2) is 14.5 Å². The van der Waals surface area contributed by atoms with Gasteiger partial charge < -0.3 is 24.7 Å². The van der Waals surface area contributed by atoms with E-state index in [1.54, 1.807) is 23.0 Å². The lowest BCUT2D eigenvalue weighted by Crippen LogP contribution is -2.44. The molecule has 156 valence electrons. The molecule has 9 heteroatoms. The first-order valence-electron chi connectivity index (χ1n) is 10.1. The van der Waals surface area contributed by atoms with E-state index >= 15 is 0 Å². The average Bonchev–Trinajstić information content (AvgIpc) is 3.36. The Hall–Kier alpha value is -3.17. The summed E-state index contributed by atoms with van der Waals surface area (Å²) in [6.07, 6.45) is 3.56. The number of nitrogens with two attached hydrogens (primary N) is 1. The van der Waals surface area contributed by atoms with Crippen LogP contribution in [0.5, 0.6) is 5.88 Å². The molecule has 1 saturated heterocycles. The van der Waals surface area contributed by atoms with Crippen LogP contribution in [-0.4, -0.2) is 70.4 Å². The van der Waals surface area contributed by atoms with E-state index in [-0.39, 0.29) is 6.04 Å². The summed E-state index contributed by atoms with van der Waals surface area (Å²) in [7, 11) is 2.14. The van der Waals surface area contributed by atoms with Gasteiger partial charge in [-0.2, -0.15) is 0 Å². The molecule has 0 bridgehead atoms. The minimum atomic E-state index is -0.0689. The highest BCUT2D eigenvalue weighted by molar-refractivity contribution is 5.92. The van der Waals surface area contributed by atoms with E-state index < -0.39 is 0 Å². The van der Waals surface area contributed by atoms with Gasteiger partial charge in [0, 0.05) is 44.5 Å². The number of fused-ring (bicyclic) bond motifs is 2. The monoisotopic (exact) mass is 407 g/mol. The van der Waals surface area contributed by atoms with Gasteiger partial charge in [0.15, 0.2) is 11.4 Å². The molecule has 0 aromatic carbocycles. The molecule has 5 rings (SSSR count). The normalized spacial score (nSPS) is 16.4. The van der Waals surface area contributed by atoms with Crippen LogP contribution in [0.3, 0.4) is 0 Å². The van der Waals surface area contributed by atoms with E-state index in [1.807, 2.05) is 25.1 Å². The molecular weight excluding hydrogens is 382 g/mol. The summed E-state index contributed by atoms with van der Waals surface area (Å²) >= 11 is 0. The molecular formula is C21H25N7O2. The summed E-state index contributed by atoms with van der Waals surface area (Å²) in [5, 5.41) is 5.56. The second-order valence-corrected chi connectivity index (χ2v) is 7.82. The van der Waals surface area contributed by atoms with Crippen LogP contribution in [0.15, 0.2) is 41.1 Å². The molecule has 1 fully saturated rings. The smallest absolute Gasteiger partial charge is 0.231 e. The van der Waals surface area contributed by atoms with Gasteiger partial charge in [0.1, 0.15) is 23.7 Å². The Bertz CT molecular complexity index is 1170. The highest BCUT2D eigenvalue weighted by atomic mass is 16.5. The van der Waals surface area contributed by atoms with Crippen molar-refractivity contribution in [1.82, 2.24) is 24.5 Å². The zero-order valence-corrected chi connectivity index (χ0v) is 17.2. The molecule has 1 aliphatic rings. The summed E-state index contributed by atoms with van der Waals surface area (Å²) in [6.45, 7) is 6.21. The first-order valence-corrected chi connectivity index (χ1v) is 10.1. The van der Waals surface area contributed by atoms with E-state index in [2.05, 4.69) is 31.9 Å². The predicted octanol–water partition coefficient (Wildman–Crippen LogP) is 2.02. The fourth-order valence-corrected chi connectivity index (χ4v) is 3.66. The van der Waals surface area contributed by atoms with Gasteiger partial charge in [-0.15, -0.1) is 5.10 Å². The van der Waals surface area contributed by atoms with Crippen molar-refractivity contribution in [3.63, 3.8) is 0 Å². The molecule has 1 unspecified atom stereocenters. The molecule has 1 aliphatic heterocycles. The minimum Gasteiger partial charge on any atom is -0.475 e. The number of imidazole rings is 1. The third-order valence-electron chi connectivity index (χ3n) is 5.31. The maximum Gasteiger partial charge on any atom is 0.231 e. The van der Waals surface area contributed by atoms with Crippen LogP contribution in [0.4, 0.5) is 5.82 Å². The van der Waals surface area contributed by atoms with E-state index in [9.17, 15) is 0 Å². The molecule has 9 nitrogen and oxygen atoms in total. The molecule has 1 atom stereocenters. The lowest BCUT2D eigenvalue weighted by atomic mass is 10.2. The molecule has 0 spiro atoms. The number of hydrogen-bond acceptors (Lipinski definition) is 8. The summed E-state index contributed by atoms with van der Waals surface area (Å²) in [6, 6.07) is 7.51. The fraction of sp³-hybridized carbons (Fsp3) is 0.381. The number of likely N-dealkylation sites (N-methyl/N-ethyl adjacent to an activating group) is 1. The molecule has 0 amide bonds. The minimum absolute atomic E-state index is 0.0689. The summed E-state index contributed by atoms with van der Waals surface area (Å²) in [5.74, 6) is 2.14. The number of anilines is 1. The highest BCUT2D eigenvalue weighted by Crippen LogP contribution is 2.33. The van der Waals surface area contributed by atoms with Gasteiger partial charge in [-0.05, 0) is 32.2 Å². The standard InChI is InChI=1S/C21H25N7O2/c1-14(22)13-29-20-4-3-19-24-12-16(28(19)25-20)18-11-15-17(30-18)5-6-23-21(15)27-9-7-26(2)8-10-27/h3-6,11-12,14H,7-10,13,22H2,1-2H3. The van der Waals surface area contributed by atoms with Crippen molar-refractivity contribution < 1.29 is 9.15 Å². The summed E-state index contributed by atoms with van der Waals surface area (Å²) in [5.41, 5.74) is 8.06. The molecule has 0 saturated carbocycles. The average molecular weight is 407 g/mol. The molecule has 4 aromatic heterocycles. The van der Waals surface area contributed by atoms with E-state index in [0.717, 1.165) is 54.3 Å². The van der Waals surface area contributed by atoms with Gasteiger partial charge in [-0.3, -0.25) is 0 Å². The largest absolute Gasteiger partial charge is 0.475 e. The molecule has 4 aromatic rings. The van der Waals surface area contributed by atoms with Gasteiger partial charge in [0.25, 0.3) is 0 Å². The Labute approximate surface area is 174 Å². The quantitative estimate of drug-likeness (QED) is 0.537. The van der Waals surface area contributed by atoms with Gasteiger partial charge in [-0.1, -0.05) is 0 Å². The van der Waals surface area contributed by atoms with Crippen LogP contribution in [-0.2, 0) is 0 Å². The maximum atomic E-state index is 6.17. The number of furan rings is 1. The van der Waals surface area contributed by atoms with Crippen molar-refractivity contribution in [2.45, 2.75) is 13.0 Å². The molecule has 5 heterocycles. The molecule has 0 radical (unpaired) electrons. The lowest BCUT2D eigenvalue weighted by Gasteiger charge is -2.33. The number of nitrogens with zero attached hydrogens (tertiary/aromatic N) is 6. The SMILES string of the molecule is CC(N)COc1ccc2ncc(-c3cc4c(N5CCN(C)CC5)nccc4o3)n2n1. The van der Waals surface area contributed by atoms with Crippen molar-refractivity contribution in [2.75, 3.05) is 44.7 Å². The van der Waals surface area contributed by atoms with Crippen molar-refractivity contribution in [3.8, 4) is 17.3 Å². The van der Waals surface area contributed by atoms with Crippen LogP contribution >= 0.6 is 0 Å². The van der Waals surface area contributed by atoms with Gasteiger partial charge in [0.05, 0.1) is 11.6 Å². The number of ether oxygens (including phenoxy) is 1. The van der Waals surface area contributed by atoms with E-state index in [1.165, 1.54) is 0 Å². The second-order valence-electron chi connectivity index (χ2n) is 7.82. The zero-order valence-electron chi connectivity index (χ0n) is 17.2. The predicted molar refractivity (Wildman–Crippen MR) is 115 cm³/mol. The molecule has 2 N–H and O–H groups in total. The van der Waals surface area contributed by atoms with Crippen molar-refractivity contribution >= 4 is 22.4 Å². The Morgan fingerprint density at radius 1 is 1.17 bits per heavy atom. The maximum absolute atomic E-state index is 6.17. The fourth-order valence-electron chi connectivity index (χ4n) is 3.66. The van der Waals surface area contributed by atoms with Gasteiger partial charge >= 0.3 is 0 Å². The Morgan fingerprint density at radius 3 is 2.80 bits per heavy atom. The van der Waals surface area contributed by atoms with E-state index in [0.29, 0.717) is 18.2 Å². The number of piperazine rings is 1. The van der Waals surface area contributed by atoms with Crippen molar-refractivity contribution in [2.24, 2.45) is 5.73 Å². The van der Waals surface area contributed by atoms with Crippen LogP contribution < -0.4 is 15.4 Å². The number of hydrogen-bond donors (Lipinski definition) is 1. The Balaban J connectivity index is 1.52. The summed E-state index contributed by atoms with van der Waals surface area (Å²) < 4.78 is 13.6. The number of aromatic nitrogens is 4. The van der Waals surface area contributed by atoms with Crippen LogP contribution in [0.25, 0.3) is 28.1 Å². The van der Waals surface area contributed by atoms with Crippen LogP contribution in [0.1, 0.15) is 6.92 Å². The topological polar surface area (TPSA) is 98.0 Å². The zero-order chi connectivity index (χ0) is 20.7. The Morgan fingerprint density at radius 2 is 2.00 bits per heavy atom. The molecule has 30 heavy (non-hydrogen) atoms. The highest BCUT2D eigenvalue weighted by Gasteiger charge is 2.21.